The molecule has 138 valence electrons. The number of hydrogen-bond acceptors (Lipinski definition) is 3. The van der Waals surface area contributed by atoms with E-state index < -0.39 is 0 Å². The van der Waals surface area contributed by atoms with E-state index in [0.717, 1.165) is 51.9 Å². The van der Waals surface area contributed by atoms with Crippen LogP contribution in [0.15, 0.2) is 24.3 Å². The van der Waals surface area contributed by atoms with E-state index in [-0.39, 0.29) is 17.8 Å². The molecule has 1 amide bonds. The van der Waals surface area contributed by atoms with Gasteiger partial charge in [0.15, 0.2) is 0 Å². The third-order valence-electron chi connectivity index (χ3n) is 5.84. The number of methoxy groups -OCH3 is 1. The quantitative estimate of drug-likeness (QED) is 0.839. The van der Waals surface area contributed by atoms with Gasteiger partial charge in [0.25, 0.3) is 0 Å². The highest BCUT2D eigenvalue weighted by Crippen LogP contribution is 2.28. The van der Waals surface area contributed by atoms with Gasteiger partial charge in [0, 0.05) is 52.2 Å². The van der Waals surface area contributed by atoms with Crippen molar-refractivity contribution in [1.29, 1.82) is 0 Å². The number of amides is 1. The summed E-state index contributed by atoms with van der Waals surface area (Å²) < 4.78 is 18.9. The molecule has 2 heterocycles. The highest BCUT2D eigenvalue weighted by Gasteiger charge is 2.34. The minimum Gasteiger partial charge on any atom is -0.381 e. The first-order valence-corrected chi connectivity index (χ1v) is 9.33. The number of carbonyl (C=O) groups excluding carboxylic acids is 1. The van der Waals surface area contributed by atoms with Crippen molar-refractivity contribution in [3.63, 3.8) is 0 Å². The minimum atomic E-state index is -0.186. The van der Waals surface area contributed by atoms with Crippen molar-refractivity contribution in [3.05, 3.63) is 35.6 Å². The second-order valence-electron chi connectivity index (χ2n) is 7.39. The topological polar surface area (TPSA) is 32.8 Å². The SMILES string of the molecule is CO[C@@H]1CCN(C2CCN(C(C)=O)CC2)C[C@H]1Cc1ccc(F)cc1. The summed E-state index contributed by atoms with van der Waals surface area (Å²) in [5, 5.41) is 0. The highest BCUT2D eigenvalue weighted by atomic mass is 19.1. The summed E-state index contributed by atoms with van der Waals surface area (Å²) in [6, 6.07) is 7.40. The predicted molar refractivity (Wildman–Crippen MR) is 95.9 cm³/mol. The molecule has 4 nitrogen and oxygen atoms in total. The molecule has 0 bridgehead atoms. The average molecular weight is 348 g/mol. The van der Waals surface area contributed by atoms with Crippen molar-refractivity contribution in [2.45, 2.75) is 44.8 Å². The zero-order valence-electron chi connectivity index (χ0n) is 15.3. The highest BCUT2D eigenvalue weighted by molar-refractivity contribution is 5.73. The van der Waals surface area contributed by atoms with Crippen molar-refractivity contribution in [2.75, 3.05) is 33.3 Å². The van der Waals surface area contributed by atoms with E-state index in [1.54, 1.807) is 14.0 Å². The molecule has 0 radical (unpaired) electrons. The Labute approximate surface area is 149 Å². The summed E-state index contributed by atoms with van der Waals surface area (Å²) in [7, 11) is 1.79. The van der Waals surface area contributed by atoms with Crippen LogP contribution >= 0.6 is 0 Å². The van der Waals surface area contributed by atoms with Gasteiger partial charge in [-0.3, -0.25) is 9.69 Å². The summed E-state index contributed by atoms with van der Waals surface area (Å²) in [6.45, 7) is 5.46. The van der Waals surface area contributed by atoms with E-state index in [9.17, 15) is 9.18 Å². The first-order valence-electron chi connectivity index (χ1n) is 9.33. The number of carbonyl (C=O) groups is 1. The molecule has 0 aliphatic carbocycles. The number of likely N-dealkylation sites (tertiary alicyclic amines) is 2. The van der Waals surface area contributed by atoms with E-state index in [1.165, 1.54) is 17.7 Å². The average Bonchev–Trinajstić information content (AvgIpc) is 2.63. The number of halogens is 1. The van der Waals surface area contributed by atoms with Gasteiger partial charge in [-0.25, -0.2) is 4.39 Å². The summed E-state index contributed by atoms with van der Waals surface area (Å²) in [6.07, 6.45) is 4.33. The fourth-order valence-electron chi connectivity index (χ4n) is 4.35. The van der Waals surface area contributed by atoms with Crippen LogP contribution in [0.1, 0.15) is 31.7 Å². The maximum Gasteiger partial charge on any atom is 0.219 e. The Balaban J connectivity index is 1.60. The Morgan fingerprint density at radius 2 is 1.84 bits per heavy atom. The van der Waals surface area contributed by atoms with Gasteiger partial charge < -0.3 is 9.64 Å². The van der Waals surface area contributed by atoms with Crippen LogP contribution in [-0.4, -0.2) is 61.1 Å². The molecule has 2 saturated heterocycles. The Morgan fingerprint density at radius 1 is 1.16 bits per heavy atom. The summed E-state index contributed by atoms with van der Waals surface area (Å²) in [5.41, 5.74) is 1.17. The van der Waals surface area contributed by atoms with Gasteiger partial charge in [-0.1, -0.05) is 12.1 Å². The molecule has 1 aromatic carbocycles. The van der Waals surface area contributed by atoms with E-state index >= 15 is 0 Å². The third-order valence-corrected chi connectivity index (χ3v) is 5.84. The Morgan fingerprint density at radius 3 is 2.44 bits per heavy atom. The van der Waals surface area contributed by atoms with Crippen molar-refractivity contribution < 1.29 is 13.9 Å². The second-order valence-corrected chi connectivity index (χ2v) is 7.39. The van der Waals surface area contributed by atoms with E-state index in [1.807, 2.05) is 17.0 Å². The lowest BCUT2D eigenvalue weighted by molar-refractivity contribution is -0.130. The molecule has 2 aliphatic rings. The summed E-state index contributed by atoms with van der Waals surface area (Å²) in [5.74, 6) is 0.426. The van der Waals surface area contributed by atoms with Crippen molar-refractivity contribution >= 4 is 5.91 Å². The van der Waals surface area contributed by atoms with Crippen molar-refractivity contribution in [1.82, 2.24) is 9.80 Å². The molecule has 2 atom stereocenters. The van der Waals surface area contributed by atoms with E-state index in [2.05, 4.69) is 4.90 Å². The van der Waals surface area contributed by atoms with Gasteiger partial charge in [-0.2, -0.15) is 0 Å². The van der Waals surface area contributed by atoms with Gasteiger partial charge in [0.1, 0.15) is 5.82 Å². The second kappa shape index (κ2) is 8.28. The van der Waals surface area contributed by atoms with Crippen molar-refractivity contribution in [3.8, 4) is 0 Å². The molecule has 0 unspecified atom stereocenters. The summed E-state index contributed by atoms with van der Waals surface area (Å²) >= 11 is 0. The van der Waals surface area contributed by atoms with Crippen LogP contribution in [-0.2, 0) is 16.0 Å². The fourth-order valence-corrected chi connectivity index (χ4v) is 4.35. The monoisotopic (exact) mass is 348 g/mol. The van der Waals surface area contributed by atoms with Crippen LogP contribution < -0.4 is 0 Å². The van der Waals surface area contributed by atoms with Gasteiger partial charge in [-0.05, 0) is 43.4 Å². The Kier molecular flexibility index (Phi) is 6.07. The number of benzene rings is 1. The lowest BCUT2D eigenvalue weighted by atomic mass is 9.87. The molecule has 2 aliphatic heterocycles. The van der Waals surface area contributed by atoms with Crippen LogP contribution in [0, 0.1) is 11.7 Å². The van der Waals surface area contributed by atoms with Gasteiger partial charge in [0.2, 0.25) is 5.91 Å². The normalized spacial score (nSPS) is 26.0. The maximum absolute atomic E-state index is 13.1. The number of hydrogen-bond donors (Lipinski definition) is 0. The fraction of sp³-hybridized carbons (Fsp3) is 0.650. The molecule has 0 saturated carbocycles. The standard InChI is InChI=1S/C20H29FN2O2/c1-15(24)22-10-7-19(8-11-22)23-12-9-20(25-2)17(14-23)13-16-3-5-18(21)6-4-16/h3-6,17,19-20H,7-14H2,1-2H3/t17-,20-/m1/s1. The van der Waals surface area contributed by atoms with Crippen LogP contribution in [0.5, 0.6) is 0 Å². The largest absolute Gasteiger partial charge is 0.381 e. The zero-order chi connectivity index (χ0) is 17.8. The molecule has 0 spiro atoms. The summed E-state index contributed by atoms with van der Waals surface area (Å²) in [4.78, 5) is 16.0. The molecular weight excluding hydrogens is 319 g/mol. The Bertz CT molecular complexity index is 570. The molecular formula is C20H29FN2O2. The third kappa shape index (κ3) is 4.59. The first-order chi connectivity index (χ1) is 12.1. The molecule has 5 heteroatoms. The molecule has 1 aromatic rings. The first kappa shape index (κ1) is 18.3. The smallest absolute Gasteiger partial charge is 0.219 e. The molecule has 2 fully saturated rings. The molecule has 3 rings (SSSR count). The van der Waals surface area contributed by atoms with Crippen LogP contribution in [0.3, 0.4) is 0 Å². The van der Waals surface area contributed by atoms with Gasteiger partial charge >= 0.3 is 0 Å². The molecule has 0 N–H and O–H groups in total. The molecule has 25 heavy (non-hydrogen) atoms. The van der Waals surface area contributed by atoms with E-state index in [4.69, 9.17) is 4.74 Å². The lowest BCUT2D eigenvalue weighted by Gasteiger charge is -2.44. The van der Waals surface area contributed by atoms with Crippen LogP contribution in [0.2, 0.25) is 0 Å². The predicted octanol–water partition coefficient (Wildman–Crippen LogP) is 2.72. The number of ether oxygens (including phenoxy) is 1. The number of nitrogens with zero attached hydrogens (tertiary/aromatic N) is 2. The van der Waals surface area contributed by atoms with Crippen molar-refractivity contribution in [2.24, 2.45) is 5.92 Å². The Hall–Kier alpha value is -1.46. The molecule has 0 aromatic heterocycles. The number of rotatable bonds is 4. The van der Waals surface area contributed by atoms with Crippen LogP contribution in [0.4, 0.5) is 4.39 Å². The number of piperidine rings is 2. The minimum absolute atomic E-state index is 0.186. The lowest BCUT2D eigenvalue weighted by Crippen LogP contribution is -2.52. The van der Waals surface area contributed by atoms with Gasteiger partial charge in [0.05, 0.1) is 6.10 Å². The van der Waals surface area contributed by atoms with Gasteiger partial charge in [-0.15, -0.1) is 0 Å². The maximum atomic E-state index is 13.1. The zero-order valence-corrected chi connectivity index (χ0v) is 15.3. The van der Waals surface area contributed by atoms with Crippen LogP contribution in [0.25, 0.3) is 0 Å². The van der Waals surface area contributed by atoms with E-state index in [0.29, 0.717) is 12.0 Å².